The first-order valence-electron chi connectivity index (χ1n) is 4.89. The molecule has 3 nitrogen and oxygen atoms in total. The number of para-hydroxylation sites is 1. The van der Waals surface area contributed by atoms with Gasteiger partial charge in [-0.05, 0) is 13.0 Å². The van der Waals surface area contributed by atoms with Crippen LogP contribution in [0.3, 0.4) is 0 Å². The van der Waals surface area contributed by atoms with E-state index in [0.717, 1.165) is 5.75 Å². The highest BCUT2D eigenvalue weighted by atomic mass is 16.5. The predicted molar refractivity (Wildman–Crippen MR) is 54.1 cm³/mol. The van der Waals surface area contributed by atoms with Crippen LogP contribution in [0.2, 0.25) is 0 Å². The van der Waals surface area contributed by atoms with Crippen LogP contribution in [0.25, 0.3) is 0 Å². The average molecular weight is 193 g/mol. The molecule has 0 bridgehead atoms. The summed E-state index contributed by atoms with van der Waals surface area (Å²) in [5.74, 6) is 0.967. The summed E-state index contributed by atoms with van der Waals surface area (Å²) in [7, 11) is 0. The van der Waals surface area contributed by atoms with Gasteiger partial charge in [0.15, 0.2) is 0 Å². The lowest BCUT2D eigenvalue weighted by Crippen LogP contribution is -2.36. The van der Waals surface area contributed by atoms with E-state index in [0.29, 0.717) is 19.3 Å². The summed E-state index contributed by atoms with van der Waals surface area (Å²) >= 11 is 0. The van der Waals surface area contributed by atoms with Gasteiger partial charge in [0.1, 0.15) is 12.5 Å². The molecule has 0 aromatic heterocycles. The zero-order chi connectivity index (χ0) is 9.97. The number of aliphatic hydroxyl groups is 1. The predicted octanol–water partition coefficient (Wildman–Crippen LogP) is 1.39. The van der Waals surface area contributed by atoms with Gasteiger partial charge in [-0.2, -0.15) is 0 Å². The number of ether oxygens (including phenoxy) is 1. The van der Waals surface area contributed by atoms with Crippen molar-refractivity contribution in [2.75, 3.05) is 19.9 Å². The molecule has 0 fully saturated rings. The van der Waals surface area contributed by atoms with Gasteiger partial charge in [-0.3, -0.25) is 4.90 Å². The largest absolute Gasteiger partial charge is 0.478 e. The second-order valence-corrected chi connectivity index (χ2v) is 3.52. The molecule has 14 heavy (non-hydrogen) atoms. The van der Waals surface area contributed by atoms with Gasteiger partial charge in [-0.1, -0.05) is 18.2 Å². The molecule has 1 aliphatic rings. The molecule has 0 spiro atoms. The van der Waals surface area contributed by atoms with Crippen LogP contribution in [0.4, 0.5) is 0 Å². The van der Waals surface area contributed by atoms with E-state index in [-0.39, 0.29) is 6.61 Å². The molecule has 1 atom stereocenters. The third kappa shape index (κ3) is 1.61. The first-order valence-corrected chi connectivity index (χ1v) is 4.89. The zero-order valence-corrected chi connectivity index (χ0v) is 8.31. The van der Waals surface area contributed by atoms with E-state index in [1.54, 1.807) is 0 Å². The van der Waals surface area contributed by atoms with Crippen molar-refractivity contribution in [1.82, 2.24) is 4.90 Å². The Balaban J connectivity index is 2.22. The maximum absolute atomic E-state index is 8.89. The normalized spacial score (nSPS) is 21.4. The summed E-state index contributed by atoms with van der Waals surface area (Å²) in [5.41, 5.74) is 1.20. The summed E-state index contributed by atoms with van der Waals surface area (Å²) in [5, 5.41) is 8.89. The molecule has 0 saturated carbocycles. The molecule has 1 N–H and O–H groups in total. The van der Waals surface area contributed by atoms with Crippen molar-refractivity contribution < 1.29 is 9.84 Å². The van der Waals surface area contributed by atoms with Crippen LogP contribution >= 0.6 is 0 Å². The summed E-state index contributed by atoms with van der Waals surface area (Å²) in [6.45, 7) is 3.54. The molecule has 0 aliphatic carbocycles. The molecule has 0 radical (unpaired) electrons. The second kappa shape index (κ2) is 3.98. The zero-order valence-electron chi connectivity index (χ0n) is 8.31. The van der Waals surface area contributed by atoms with Crippen molar-refractivity contribution in [3.8, 4) is 5.75 Å². The van der Waals surface area contributed by atoms with E-state index in [2.05, 4.69) is 17.9 Å². The summed E-state index contributed by atoms with van der Waals surface area (Å²) < 4.78 is 5.57. The Labute approximate surface area is 83.9 Å². The van der Waals surface area contributed by atoms with Crippen molar-refractivity contribution in [3.05, 3.63) is 29.8 Å². The Morgan fingerprint density at radius 3 is 3.07 bits per heavy atom. The van der Waals surface area contributed by atoms with Crippen molar-refractivity contribution in [3.63, 3.8) is 0 Å². The number of hydrogen-bond donors (Lipinski definition) is 1. The fourth-order valence-electron chi connectivity index (χ4n) is 1.80. The Kier molecular flexibility index (Phi) is 2.70. The molecule has 0 saturated heterocycles. The van der Waals surface area contributed by atoms with Crippen LogP contribution in [0, 0.1) is 0 Å². The molecule has 76 valence electrons. The summed E-state index contributed by atoms with van der Waals surface area (Å²) in [6.07, 6.45) is 0. The van der Waals surface area contributed by atoms with E-state index in [4.69, 9.17) is 9.84 Å². The highest BCUT2D eigenvalue weighted by Crippen LogP contribution is 2.32. The molecule has 2 rings (SSSR count). The third-order valence-electron chi connectivity index (χ3n) is 2.69. The smallest absolute Gasteiger partial charge is 0.142 e. The summed E-state index contributed by atoms with van der Waals surface area (Å²) in [6, 6.07) is 8.38. The number of benzene rings is 1. The van der Waals surface area contributed by atoms with E-state index in [1.807, 2.05) is 18.2 Å². The van der Waals surface area contributed by atoms with Gasteiger partial charge in [-0.15, -0.1) is 0 Å². The maximum atomic E-state index is 8.89. The molecule has 0 unspecified atom stereocenters. The topological polar surface area (TPSA) is 32.7 Å². The number of rotatable bonds is 2. The average Bonchev–Trinajstić information content (AvgIpc) is 2.23. The van der Waals surface area contributed by atoms with Crippen LogP contribution in [0.15, 0.2) is 24.3 Å². The number of nitrogens with zero attached hydrogens (tertiary/aromatic N) is 1. The van der Waals surface area contributed by atoms with Gasteiger partial charge in [0, 0.05) is 18.2 Å². The lowest BCUT2D eigenvalue weighted by atomic mass is 10.1. The second-order valence-electron chi connectivity index (χ2n) is 3.52. The standard InChI is InChI=1S/C11H15NO2/c1-9-10-4-2-3-5-11(10)14-8-12(9)6-7-13/h2-5,9,13H,6-8H2,1H3/t9-/m0/s1. The lowest BCUT2D eigenvalue weighted by Gasteiger charge is -2.34. The van der Waals surface area contributed by atoms with E-state index in [1.165, 1.54) is 5.56 Å². The highest BCUT2D eigenvalue weighted by Gasteiger charge is 2.23. The molecular weight excluding hydrogens is 178 g/mol. The molecular formula is C11H15NO2. The Bertz CT molecular complexity index is 314. The van der Waals surface area contributed by atoms with Crippen molar-refractivity contribution >= 4 is 0 Å². The maximum Gasteiger partial charge on any atom is 0.142 e. The van der Waals surface area contributed by atoms with Crippen molar-refractivity contribution in [1.29, 1.82) is 0 Å². The minimum atomic E-state index is 0.176. The monoisotopic (exact) mass is 193 g/mol. The Morgan fingerprint density at radius 2 is 2.29 bits per heavy atom. The fourth-order valence-corrected chi connectivity index (χ4v) is 1.80. The van der Waals surface area contributed by atoms with Gasteiger partial charge < -0.3 is 9.84 Å². The minimum Gasteiger partial charge on any atom is -0.478 e. The van der Waals surface area contributed by atoms with Crippen LogP contribution in [0.1, 0.15) is 18.5 Å². The highest BCUT2D eigenvalue weighted by molar-refractivity contribution is 5.36. The molecule has 3 heteroatoms. The molecule has 0 amide bonds. The van der Waals surface area contributed by atoms with Crippen molar-refractivity contribution in [2.45, 2.75) is 13.0 Å². The summed E-state index contributed by atoms with van der Waals surface area (Å²) in [4.78, 5) is 2.11. The third-order valence-corrected chi connectivity index (χ3v) is 2.69. The van der Waals surface area contributed by atoms with E-state index >= 15 is 0 Å². The van der Waals surface area contributed by atoms with E-state index < -0.39 is 0 Å². The van der Waals surface area contributed by atoms with Crippen LogP contribution in [-0.4, -0.2) is 29.9 Å². The van der Waals surface area contributed by atoms with Crippen LogP contribution in [0.5, 0.6) is 5.75 Å². The number of fused-ring (bicyclic) bond motifs is 1. The Hall–Kier alpha value is -1.06. The quantitative estimate of drug-likeness (QED) is 0.770. The van der Waals surface area contributed by atoms with Gasteiger partial charge in [0.05, 0.1) is 6.61 Å². The molecule has 1 heterocycles. The van der Waals surface area contributed by atoms with Gasteiger partial charge in [0.25, 0.3) is 0 Å². The van der Waals surface area contributed by atoms with Gasteiger partial charge >= 0.3 is 0 Å². The minimum absolute atomic E-state index is 0.176. The first kappa shape index (κ1) is 9.49. The SMILES string of the molecule is C[C@H]1c2ccccc2OCN1CCO. The number of aliphatic hydroxyl groups excluding tert-OH is 1. The van der Waals surface area contributed by atoms with Crippen molar-refractivity contribution in [2.24, 2.45) is 0 Å². The number of hydrogen-bond acceptors (Lipinski definition) is 3. The molecule has 1 aromatic rings. The number of β-amino-alcohol motifs (C(OH)–C–C–N with tert-alkyl or cyclic N) is 1. The van der Waals surface area contributed by atoms with E-state index in [9.17, 15) is 0 Å². The molecule has 1 aromatic carbocycles. The fraction of sp³-hybridized carbons (Fsp3) is 0.455. The lowest BCUT2D eigenvalue weighted by molar-refractivity contribution is 0.0496. The van der Waals surface area contributed by atoms with Crippen LogP contribution < -0.4 is 4.74 Å². The molecule has 1 aliphatic heterocycles. The van der Waals surface area contributed by atoms with Crippen LogP contribution in [-0.2, 0) is 0 Å². The first-order chi connectivity index (χ1) is 6.83. The van der Waals surface area contributed by atoms with Gasteiger partial charge in [-0.25, -0.2) is 0 Å². The van der Waals surface area contributed by atoms with Gasteiger partial charge in [0.2, 0.25) is 0 Å². The Morgan fingerprint density at radius 1 is 1.50 bits per heavy atom.